The van der Waals surface area contributed by atoms with Crippen LogP contribution in [0.4, 0.5) is 0 Å². The van der Waals surface area contributed by atoms with Crippen LogP contribution in [-0.2, 0) is 18.9 Å². The first kappa shape index (κ1) is 15.2. The summed E-state index contributed by atoms with van der Waals surface area (Å²) in [4.78, 5) is 0. The molecule has 1 saturated heterocycles. The second kappa shape index (κ2) is 5.71. The standard InChI is InChI=1S/C20H22NO4/c1-22-17-4-3-12-7-16-14-9-19-18(24-11-25-19)8-13(14)5-6-21(16)10-15(12)20(17)23-2/h3-4,7-9,15,18-19H,5-6,10-11H2,1-2H3/q+1. The fraction of sp³-hybridized carbons (Fsp3) is 0.450. The van der Waals surface area contributed by atoms with E-state index in [1.807, 2.05) is 6.08 Å². The maximum absolute atomic E-state index is 5.70. The molecule has 1 fully saturated rings. The van der Waals surface area contributed by atoms with Crippen molar-refractivity contribution in [2.45, 2.75) is 18.6 Å². The summed E-state index contributed by atoms with van der Waals surface area (Å²) in [5.74, 6) is 1.96. The summed E-state index contributed by atoms with van der Waals surface area (Å²) < 4.78 is 25.0. The lowest BCUT2D eigenvalue weighted by atomic mass is 9.81. The topological polar surface area (TPSA) is 39.9 Å². The van der Waals surface area contributed by atoms with E-state index in [9.17, 15) is 0 Å². The van der Waals surface area contributed by atoms with Gasteiger partial charge in [-0.25, -0.2) is 4.58 Å². The Morgan fingerprint density at radius 1 is 1.08 bits per heavy atom. The molecule has 130 valence electrons. The third kappa shape index (κ3) is 2.26. The number of nitrogens with zero attached hydrogens (tertiary/aromatic N) is 1. The maximum Gasteiger partial charge on any atom is 0.207 e. The minimum atomic E-state index is 0.0405. The third-order valence-electron chi connectivity index (χ3n) is 5.69. The average molecular weight is 340 g/mol. The molecule has 0 spiro atoms. The minimum absolute atomic E-state index is 0.0405. The Balaban J connectivity index is 1.55. The van der Waals surface area contributed by atoms with E-state index in [1.54, 1.807) is 14.2 Å². The van der Waals surface area contributed by atoms with Gasteiger partial charge in [-0.15, -0.1) is 0 Å². The van der Waals surface area contributed by atoms with Crippen LogP contribution in [0, 0.1) is 5.92 Å². The lowest BCUT2D eigenvalue weighted by Crippen LogP contribution is -2.40. The molecule has 2 aliphatic carbocycles. The molecule has 0 aromatic rings. The normalized spacial score (nSPS) is 32.9. The van der Waals surface area contributed by atoms with Crippen LogP contribution in [0.2, 0.25) is 0 Å². The second-order valence-electron chi connectivity index (χ2n) is 6.90. The first-order chi connectivity index (χ1) is 12.3. The highest BCUT2D eigenvalue weighted by Gasteiger charge is 2.41. The van der Waals surface area contributed by atoms with Gasteiger partial charge in [-0.3, -0.25) is 0 Å². The van der Waals surface area contributed by atoms with Gasteiger partial charge in [0.15, 0.2) is 18.1 Å². The molecule has 3 atom stereocenters. The molecular formula is C20H22NO4+. The minimum Gasteiger partial charge on any atom is -0.496 e. The highest BCUT2D eigenvalue weighted by Crippen LogP contribution is 2.38. The average Bonchev–Trinajstić information content (AvgIpc) is 3.11. The van der Waals surface area contributed by atoms with Crippen molar-refractivity contribution in [2.24, 2.45) is 5.92 Å². The molecule has 0 saturated carbocycles. The van der Waals surface area contributed by atoms with Gasteiger partial charge in [-0.2, -0.15) is 0 Å². The van der Waals surface area contributed by atoms with Gasteiger partial charge in [0.2, 0.25) is 5.71 Å². The van der Waals surface area contributed by atoms with Gasteiger partial charge in [0.1, 0.15) is 31.5 Å². The van der Waals surface area contributed by atoms with Gasteiger partial charge in [0.05, 0.1) is 14.2 Å². The van der Waals surface area contributed by atoms with Gasteiger partial charge in [0, 0.05) is 18.1 Å². The maximum atomic E-state index is 5.70. The van der Waals surface area contributed by atoms with Crippen LogP contribution in [0.5, 0.6) is 0 Å². The highest BCUT2D eigenvalue weighted by molar-refractivity contribution is 6.10. The number of hydrogen-bond donors (Lipinski definition) is 0. The van der Waals surface area contributed by atoms with Gasteiger partial charge in [-0.05, 0) is 29.4 Å². The van der Waals surface area contributed by atoms with E-state index < -0.39 is 0 Å². The molecule has 0 aromatic carbocycles. The molecule has 0 aromatic heterocycles. The zero-order valence-electron chi connectivity index (χ0n) is 14.5. The van der Waals surface area contributed by atoms with Gasteiger partial charge in [0.25, 0.3) is 0 Å². The van der Waals surface area contributed by atoms with E-state index in [2.05, 4.69) is 28.9 Å². The van der Waals surface area contributed by atoms with Crippen LogP contribution in [-0.4, -0.2) is 56.6 Å². The molecule has 3 heterocycles. The van der Waals surface area contributed by atoms with Crippen LogP contribution < -0.4 is 0 Å². The van der Waals surface area contributed by atoms with E-state index in [1.165, 1.54) is 22.4 Å². The van der Waals surface area contributed by atoms with Crippen molar-refractivity contribution in [3.05, 3.63) is 58.6 Å². The summed E-state index contributed by atoms with van der Waals surface area (Å²) in [6.07, 6.45) is 12.1. The number of rotatable bonds is 2. The predicted molar refractivity (Wildman–Crippen MR) is 92.2 cm³/mol. The van der Waals surface area contributed by atoms with Gasteiger partial charge in [-0.1, -0.05) is 6.08 Å². The Hall–Kier alpha value is -2.11. The molecule has 0 amide bonds. The van der Waals surface area contributed by atoms with Gasteiger partial charge < -0.3 is 18.9 Å². The summed E-state index contributed by atoms with van der Waals surface area (Å²) in [6.45, 7) is 2.31. The summed E-state index contributed by atoms with van der Waals surface area (Å²) in [5, 5.41) is 0. The van der Waals surface area contributed by atoms with E-state index in [4.69, 9.17) is 18.9 Å². The van der Waals surface area contributed by atoms with Crippen molar-refractivity contribution in [3.63, 3.8) is 0 Å². The number of hydrogen-bond acceptors (Lipinski definition) is 4. The van der Waals surface area contributed by atoms with Crippen LogP contribution in [0.1, 0.15) is 6.42 Å². The van der Waals surface area contributed by atoms with Crippen LogP contribution >= 0.6 is 0 Å². The Morgan fingerprint density at radius 2 is 1.92 bits per heavy atom. The molecule has 5 heteroatoms. The van der Waals surface area contributed by atoms with E-state index in [0.29, 0.717) is 6.79 Å². The molecule has 0 radical (unpaired) electrons. The number of methoxy groups -OCH3 is 2. The lowest BCUT2D eigenvalue weighted by Gasteiger charge is -2.32. The largest absolute Gasteiger partial charge is 0.496 e. The molecule has 5 rings (SSSR count). The van der Waals surface area contributed by atoms with Gasteiger partial charge >= 0.3 is 0 Å². The molecule has 5 nitrogen and oxygen atoms in total. The van der Waals surface area contributed by atoms with Crippen molar-refractivity contribution in [1.82, 2.24) is 0 Å². The number of allylic oxidation sites excluding steroid dienone is 4. The summed E-state index contributed by atoms with van der Waals surface area (Å²) in [7, 11) is 3.42. The smallest absolute Gasteiger partial charge is 0.207 e. The lowest BCUT2D eigenvalue weighted by molar-refractivity contribution is -0.534. The number of fused-ring (bicyclic) bond motifs is 4. The quantitative estimate of drug-likeness (QED) is 0.722. The Labute approximate surface area is 147 Å². The van der Waals surface area contributed by atoms with Crippen LogP contribution in [0.15, 0.2) is 58.6 Å². The number of ether oxygens (including phenoxy) is 4. The Morgan fingerprint density at radius 3 is 2.72 bits per heavy atom. The van der Waals surface area contributed by atoms with Crippen molar-refractivity contribution < 1.29 is 23.5 Å². The summed E-state index contributed by atoms with van der Waals surface area (Å²) in [6, 6.07) is 0. The monoisotopic (exact) mass is 340 g/mol. The molecule has 0 N–H and O–H groups in total. The van der Waals surface area contributed by atoms with E-state index >= 15 is 0 Å². The predicted octanol–water partition coefficient (Wildman–Crippen LogP) is 2.08. The fourth-order valence-corrected chi connectivity index (χ4v) is 4.42. The Kier molecular flexibility index (Phi) is 3.47. The third-order valence-corrected chi connectivity index (χ3v) is 5.69. The first-order valence-electron chi connectivity index (χ1n) is 8.78. The summed E-state index contributed by atoms with van der Waals surface area (Å²) >= 11 is 0. The molecule has 3 unspecified atom stereocenters. The molecular weight excluding hydrogens is 318 g/mol. The molecule has 25 heavy (non-hydrogen) atoms. The fourth-order valence-electron chi connectivity index (χ4n) is 4.42. The van der Waals surface area contributed by atoms with E-state index in [-0.39, 0.29) is 18.1 Å². The second-order valence-corrected chi connectivity index (χ2v) is 6.90. The van der Waals surface area contributed by atoms with Crippen molar-refractivity contribution in [3.8, 4) is 0 Å². The van der Waals surface area contributed by atoms with Crippen LogP contribution in [0.3, 0.4) is 0 Å². The molecule has 3 aliphatic heterocycles. The molecule has 5 aliphatic rings. The first-order valence-corrected chi connectivity index (χ1v) is 8.78. The van der Waals surface area contributed by atoms with Crippen LogP contribution in [0.25, 0.3) is 0 Å². The Bertz CT molecular complexity index is 812. The summed E-state index contributed by atoms with van der Waals surface area (Å²) in [5.41, 5.74) is 5.25. The molecule has 0 bridgehead atoms. The van der Waals surface area contributed by atoms with E-state index in [0.717, 1.165) is 31.0 Å². The SMILES string of the molecule is COC1=C(OC)C2C[N+]3=C(C=C2C=C1)C1=CC2OCOC2C=C1CC3. The van der Waals surface area contributed by atoms with Crippen molar-refractivity contribution in [1.29, 1.82) is 0 Å². The van der Waals surface area contributed by atoms with Crippen molar-refractivity contribution >= 4 is 5.71 Å². The zero-order valence-corrected chi connectivity index (χ0v) is 14.5. The van der Waals surface area contributed by atoms with Crippen molar-refractivity contribution in [2.75, 3.05) is 34.1 Å². The zero-order chi connectivity index (χ0) is 17.0. The highest BCUT2D eigenvalue weighted by atomic mass is 16.7.